The highest BCUT2D eigenvalue weighted by Gasteiger charge is 2.23. The number of piperazine rings is 1. The maximum absolute atomic E-state index is 13.4. The van der Waals surface area contributed by atoms with Crippen molar-refractivity contribution in [3.8, 4) is 5.69 Å². The normalized spacial score (nSPS) is 14.9. The number of rotatable bonds is 8. The van der Waals surface area contributed by atoms with Gasteiger partial charge in [-0.3, -0.25) is 14.2 Å². The van der Waals surface area contributed by atoms with Gasteiger partial charge in [-0.1, -0.05) is 30.3 Å². The third-order valence-electron chi connectivity index (χ3n) is 6.34. The van der Waals surface area contributed by atoms with E-state index in [1.54, 1.807) is 36.4 Å². The summed E-state index contributed by atoms with van der Waals surface area (Å²) < 4.78 is 1.26. The number of aromatic carboxylic acids is 1. The fourth-order valence-corrected chi connectivity index (χ4v) is 4.26. The maximum atomic E-state index is 13.4. The lowest BCUT2D eigenvalue weighted by Gasteiger charge is -2.35. The first-order chi connectivity index (χ1) is 17.3. The Labute approximate surface area is 208 Å². The number of nitrogens with zero attached hydrogens (tertiary/aromatic N) is 3. The first kappa shape index (κ1) is 25.0. The third kappa shape index (κ3) is 5.24. The Balaban J connectivity index is 1.71. The minimum atomic E-state index is -1.39. The van der Waals surface area contributed by atoms with Crippen molar-refractivity contribution in [3.63, 3.8) is 0 Å². The van der Waals surface area contributed by atoms with Gasteiger partial charge in [0.1, 0.15) is 5.56 Å². The Hall–Kier alpha value is -4.15. The Bertz CT molecular complexity index is 1320. The topological polar surface area (TPSA) is 141 Å². The zero-order valence-corrected chi connectivity index (χ0v) is 19.9. The van der Waals surface area contributed by atoms with Gasteiger partial charge in [-0.15, -0.1) is 0 Å². The molecule has 0 bridgehead atoms. The summed E-state index contributed by atoms with van der Waals surface area (Å²) in [5.74, 6) is -1.98. The van der Waals surface area contributed by atoms with Gasteiger partial charge in [0, 0.05) is 44.5 Å². The van der Waals surface area contributed by atoms with Gasteiger partial charge in [0.25, 0.3) is 5.56 Å². The summed E-state index contributed by atoms with van der Waals surface area (Å²) in [6, 6.07) is 15.2. The number of hydrogen-bond acceptors (Lipinski definition) is 7. The van der Waals surface area contributed by atoms with Gasteiger partial charge < -0.3 is 31.1 Å². The quantitative estimate of drug-likeness (QED) is 0.372. The fraction of sp³-hybridized carbons (Fsp3) is 0.269. The number of anilines is 2. The van der Waals surface area contributed by atoms with Crippen LogP contribution in [0.25, 0.3) is 5.69 Å². The molecule has 188 valence electrons. The van der Waals surface area contributed by atoms with E-state index in [9.17, 15) is 24.6 Å². The first-order valence-corrected chi connectivity index (χ1v) is 11.6. The van der Waals surface area contributed by atoms with Gasteiger partial charge in [0.2, 0.25) is 5.91 Å². The molecule has 1 aliphatic heterocycles. The van der Waals surface area contributed by atoms with Crippen molar-refractivity contribution < 1.29 is 19.8 Å². The van der Waals surface area contributed by atoms with E-state index in [-0.39, 0.29) is 12.2 Å². The molecule has 0 aliphatic carbocycles. The summed E-state index contributed by atoms with van der Waals surface area (Å²) in [5.41, 5.74) is 6.47. The lowest BCUT2D eigenvalue weighted by Crippen LogP contribution is -2.45. The van der Waals surface area contributed by atoms with E-state index in [0.717, 1.165) is 13.1 Å². The summed E-state index contributed by atoms with van der Waals surface area (Å²) in [6.45, 7) is 2.95. The third-order valence-corrected chi connectivity index (χ3v) is 6.34. The maximum Gasteiger partial charge on any atom is 0.343 e. The molecular weight excluding hydrogens is 462 g/mol. The number of carbonyl (C=O) groups excluding carboxylic acids is 1. The molecule has 5 N–H and O–H groups in total. The molecule has 1 aromatic heterocycles. The second-order valence-electron chi connectivity index (χ2n) is 8.75. The minimum Gasteiger partial charge on any atom is -0.477 e. The summed E-state index contributed by atoms with van der Waals surface area (Å²) in [6.07, 6.45) is 0.602. The van der Waals surface area contributed by atoms with Crippen molar-refractivity contribution >= 4 is 23.3 Å². The molecule has 1 aliphatic rings. The molecule has 1 fully saturated rings. The minimum absolute atomic E-state index is 0.0214. The number of nitrogens with two attached hydrogens (primary N) is 1. The van der Waals surface area contributed by atoms with Crippen molar-refractivity contribution in [2.24, 2.45) is 5.73 Å². The molecule has 1 unspecified atom stereocenters. The molecule has 2 aromatic carbocycles. The van der Waals surface area contributed by atoms with E-state index < -0.39 is 29.1 Å². The lowest BCUT2D eigenvalue weighted by atomic mass is 10.1. The zero-order valence-electron chi connectivity index (χ0n) is 19.9. The molecule has 0 radical (unpaired) electrons. The highest BCUT2D eigenvalue weighted by molar-refractivity contribution is 5.95. The van der Waals surface area contributed by atoms with E-state index in [2.05, 4.69) is 15.1 Å². The molecule has 1 atom stereocenters. The zero-order chi connectivity index (χ0) is 25.8. The van der Waals surface area contributed by atoms with Crippen LogP contribution in [0, 0.1) is 0 Å². The van der Waals surface area contributed by atoms with Crippen LogP contribution in [0.3, 0.4) is 0 Å². The molecular formula is C26H29N5O5. The molecule has 3 aromatic rings. The van der Waals surface area contributed by atoms with Crippen molar-refractivity contribution in [1.29, 1.82) is 0 Å². The van der Waals surface area contributed by atoms with E-state index in [0.29, 0.717) is 35.6 Å². The number of aliphatic hydroxyl groups excluding tert-OH is 1. The molecule has 0 saturated carbocycles. The van der Waals surface area contributed by atoms with Crippen LogP contribution in [0.4, 0.5) is 11.4 Å². The Morgan fingerprint density at radius 3 is 2.36 bits per heavy atom. The number of aromatic nitrogens is 1. The number of carbonyl (C=O) groups is 2. The fourth-order valence-electron chi connectivity index (χ4n) is 4.26. The Kier molecular flexibility index (Phi) is 7.37. The number of hydrogen-bond donors (Lipinski definition) is 4. The molecule has 36 heavy (non-hydrogen) atoms. The van der Waals surface area contributed by atoms with Crippen LogP contribution in [0.2, 0.25) is 0 Å². The number of benzene rings is 2. The van der Waals surface area contributed by atoms with Crippen molar-refractivity contribution in [2.45, 2.75) is 6.10 Å². The van der Waals surface area contributed by atoms with Gasteiger partial charge in [-0.25, -0.2) is 4.79 Å². The number of pyridine rings is 1. The SMILES string of the molecule is CN1CCN(c2cc(C(N)=O)ccc2-n2ccc(NCC(O)c3ccccc3)c(C(=O)O)c2=O)CC1. The number of likely N-dealkylation sites (N-methyl/N-ethyl adjacent to an activating group) is 1. The van der Waals surface area contributed by atoms with Crippen molar-refractivity contribution in [1.82, 2.24) is 9.47 Å². The number of carboxylic acid groups (broad SMARTS) is 1. The average molecular weight is 492 g/mol. The van der Waals surface area contributed by atoms with Crippen LogP contribution in [0.5, 0.6) is 0 Å². The van der Waals surface area contributed by atoms with Crippen LogP contribution < -0.4 is 21.5 Å². The van der Waals surface area contributed by atoms with E-state index in [4.69, 9.17) is 5.73 Å². The highest BCUT2D eigenvalue weighted by atomic mass is 16.4. The molecule has 10 nitrogen and oxygen atoms in total. The number of aliphatic hydroxyl groups is 1. The Morgan fingerprint density at radius 1 is 1.03 bits per heavy atom. The molecule has 1 saturated heterocycles. The first-order valence-electron chi connectivity index (χ1n) is 11.6. The average Bonchev–Trinajstić information content (AvgIpc) is 2.87. The second kappa shape index (κ2) is 10.6. The number of primary amides is 1. The Morgan fingerprint density at radius 2 is 1.72 bits per heavy atom. The number of nitrogens with one attached hydrogen (secondary N) is 1. The summed E-state index contributed by atoms with van der Waals surface area (Å²) in [5, 5.41) is 23.2. The van der Waals surface area contributed by atoms with Gasteiger partial charge >= 0.3 is 5.97 Å². The van der Waals surface area contributed by atoms with Gasteiger partial charge in [0.15, 0.2) is 0 Å². The van der Waals surface area contributed by atoms with Crippen LogP contribution >= 0.6 is 0 Å². The predicted octanol–water partition coefficient (Wildman–Crippen LogP) is 1.53. The number of carboxylic acids is 1. The smallest absolute Gasteiger partial charge is 0.343 e. The monoisotopic (exact) mass is 491 g/mol. The van der Waals surface area contributed by atoms with Crippen LogP contribution in [-0.2, 0) is 0 Å². The molecule has 1 amide bonds. The van der Waals surface area contributed by atoms with Crippen molar-refractivity contribution in [2.75, 3.05) is 50.0 Å². The van der Waals surface area contributed by atoms with E-state index in [1.165, 1.54) is 22.9 Å². The van der Waals surface area contributed by atoms with Crippen LogP contribution in [-0.4, -0.2) is 71.3 Å². The van der Waals surface area contributed by atoms with Gasteiger partial charge in [-0.05, 0) is 36.9 Å². The second-order valence-corrected chi connectivity index (χ2v) is 8.75. The summed E-state index contributed by atoms with van der Waals surface area (Å²) in [4.78, 5) is 41.6. The van der Waals surface area contributed by atoms with Crippen LogP contribution in [0.15, 0.2) is 65.6 Å². The van der Waals surface area contributed by atoms with Crippen LogP contribution in [0.1, 0.15) is 32.4 Å². The molecule has 0 spiro atoms. The molecule has 4 rings (SSSR count). The van der Waals surface area contributed by atoms with Gasteiger partial charge in [-0.2, -0.15) is 0 Å². The highest BCUT2D eigenvalue weighted by Crippen LogP contribution is 2.27. The molecule has 2 heterocycles. The lowest BCUT2D eigenvalue weighted by molar-refractivity contribution is 0.0695. The standard InChI is InChI=1S/C26H29N5O5/c1-29-11-13-30(14-12-29)21-15-18(24(27)33)7-8-20(21)31-10-9-19(23(25(31)34)26(35)36)28-16-22(32)17-5-3-2-4-6-17/h2-10,15,22,28,32H,11-14,16H2,1H3,(H2,27,33)(H,35,36). The van der Waals surface area contributed by atoms with E-state index >= 15 is 0 Å². The van der Waals surface area contributed by atoms with E-state index in [1.807, 2.05) is 13.1 Å². The predicted molar refractivity (Wildman–Crippen MR) is 137 cm³/mol. The largest absolute Gasteiger partial charge is 0.477 e. The summed E-state index contributed by atoms with van der Waals surface area (Å²) >= 11 is 0. The summed E-state index contributed by atoms with van der Waals surface area (Å²) in [7, 11) is 2.02. The molecule has 10 heteroatoms. The van der Waals surface area contributed by atoms with Gasteiger partial charge in [0.05, 0.1) is 23.2 Å². The number of amides is 1. The van der Waals surface area contributed by atoms with Crippen molar-refractivity contribution in [3.05, 3.63) is 87.8 Å².